The van der Waals surface area contributed by atoms with Gasteiger partial charge in [0.15, 0.2) is 0 Å². The molecule has 0 aliphatic carbocycles. The summed E-state index contributed by atoms with van der Waals surface area (Å²) in [5, 5.41) is -0.0850. The standard InChI is InChI=1S/C18H22ClF3O3/c1-11(2)17-9-15(16(3,25-17)8-14(17)19)23-10-12-6-4-5-7-13(12)24-18(20,21)22/h4-7,11,14-15H,8-10H2,1-3H3/t14-,15+,16-,17+/m0/s1. The molecule has 4 atom stereocenters. The van der Waals surface area contributed by atoms with Gasteiger partial charge < -0.3 is 14.2 Å². The summed E-state index contributed by atoms with van der Waals surface area (Å²) < 4.78 is 53.9. The summed E-state index contributed by atoms with van der Waals surface area (Å²) in [5.74, 6) is -0.00991. The molecule has 2 aliphatic heterocycles. The van der Waals surface area contributed by atoms with Crippen LogP contribution in [0.5, 0.6) is 5.75 Å². The van der Waals surface area contributed by atoms with Crippen LogP contribution in [-0.2, 0) is 16.1 Å². The molecule has 7 heteroatoms. The van der Waals surface area contributed by atoms with Crippen molar-refractivity contribution in [3.63, 3.8) is 0 Å². The summed E-state index contributed by atoms with van der Waals surface area (Å²) in [6, 6.07) is 6.01. The van der Waals surface area contributed by atoms with E-state index in [2.05, 4.69) is 18.6 Å². The Bertz CT molecular complexity index is 636. The maximum Gasteiger partial charge on any atom is 0.573 e. The van der Waals surface area contributed by atoms with Gasteiger partial charge in [-0.3, -0.25) is 0 Å². The Morgan fingerprint density at radius 2 is 1.96 bits per heavy atom. The van der Waals surface area contributed by atoms with Crippen molar-refractivity contribution < 1.29 is 27.4 Å². The molecule has 0 radical (unpaired) electrons. The predicted octanol–water partition coefficient (Wildman–Crippen LogP) is 5.06. The van der Waals surface area contributed by atoms with Gasteiger partial charge in [0, 0.05) is 12.0 Å². The first kappa shape index (κ1) is 18.8. The Morgan fingerprint density at radius 3 is 2.56 bits per heavy atom. The Hall–Kier alpha value is -0.980. The van der Waals surface area contributed by atoms with Gasteiger partial charge in [-0.05, 0) is 25.3 Å². The molecule has 2 heterocycles. The van der Waals surface area contributed by atoms with Gasteiger partial charge in [-0.1, -0.05) is 32.0 Å². The Balaban J connectivity index is 1.72. The van der Waals surface area contributed by atoms with Crippen LogP contribution >= 0.6 is 11.6 Å². The molecule has 140 valence electrons. The van der Waals surface area contributed by atoms with Crippen molar-refractivity contribution in [1.29, 1.82) is 0 Å². The first-order chi connectivity index (χ1) is 11.6. The second-order valence-corrected chi connectivity index (χ2v) is 7.88. The molecule has 2 aliphatic rings. The molecule has 0 aromatic heterocycles. The molecule has 2 fully saturated rings. The zero-order chi connectivity index (χ0) is 18.5. The van der Waals surface area contributed by atoms with Crippen molar-refractivity contribution in [2.24, 2.45) is 5.92 Å². The van der Waals surface area contributed by atoms with Crippen molar-refractivity contribution in [3.05, 3.63) is 29.8 Å². The van der Waals surface area contributed by atoms with Gasteiger partial charge in [0.1, 0.15) is 5.75 Å². The van der Waals surface area contributed by atoms with Crippen LogP contribution in [0.15, 0.2) is 24.3 Å². The van der Waals surface area contributed by atoms with Crippen LogP contribution < -0.4 is 4.74 Å². The summed E-state index contributed by atoms with van der Waals surface area (Å²) in [7, 11) is 0. The lowest BCUT2D eigenvalue weighted by Crippen LogP contribution is -2.45. The number of alkyl halides is 4. The minimum absolute atomic E-state index is 0.0248. The van der Waals surface area contributed by atoms with Gasteiger partial charge in [-0.25, -0.2) is 0 Å². The van der Waals surface area contributed by atoms with Gasteiger partial charge in [0.2, 0.25) is 0 Å². The van der Waals surface area contributed by atoms with Gasteiger partial charge in [0.25, 0.3) is 0 Å². The van der Waals surface area contributed by atoms with E-state index >= 15 is 0 Å². The molecule has 1 aromatic carbocycles. The highest BCUT2D eigenvalue weighted by molar-refractivity contribution is 6.21. The number of para-hydroxylation sites is 1. The van der Waals surface area contributed by atoms with Gasteiger partial charge >= 0.3 is 6.36 Å². The van der Waals surface area contributed by atoms with E-state index in [4.69, 9.17) is 21.1 Å². The molecule has 3 nitrogen and oxygen atoms in total. The number of fused-ring (bicyclic) bond motifs is 2. The average molecular weight is 379 g/mol. The average Bonchev–Trinajstić information content (AvgIpc) is 2.93. The summed E-state index contributed by atoms with van der Waals surface area (Å²) in [5.41, 5.74) is -0.605. The molecule has 0 unspecified atom stereocenters. The van der Waals surface area contributed by atoms with E-state index in [0.717, 1.165) is 0 Å². The van der Waals surface area contributed by atoms with Gasteiger partial charge in [-0.15, -0.1) is 24.8 Å². The fraction of sp³-hybridized carbons (Fsp3) is 0.667. The molecule has 3 rings (SSSR count). The monoisotopic (exact) mass is 378 g/mol. The van der Waals surface area contributed by atoms with Crippen LogP contribution in [0, 0.1) is 5.92 Å². The van der Waals surface area contributed by atoms with E-state index in [-0.39, 0.29) is 29.8 Å². The van der Waals surface area contributed by atoms with Crippen molar-refractivity contribution in [1.82, 2.24) is 0 Å². The molecule has 2 saturated heterocycles. The van der Waals surface area contributed by atoms with E-state index in [1.807, 2.05) is 6.92 Å². The van der Waals surface area contributed by atoms with Gasteiger partial charge in [0.05, 0.1) is 29.3 Å². The van der Waals surface area contributed by atoms with Crippen LogP contribution in [0.4, 0.5) is 13.2 Å². The summed E-state index contributed by atoms with van der Waals surface area (Å²) in [6.45, 7) is 6.12. The van der Waals surface area contributed by atoms with E-state index in [9.17, 15) is 13.2 Å². The molecule has 2 bridgehead atoms. The first-order valence-corrected chi connectivity index (χ1v) is 8.79. The van der Waals surface area contributed by atoms with Crippen LogP contribution in [0.1, 0.15) is 39.2 Å². The maximum atomic E-state index is 12.5. The molecular formula is C18H22ClF3O3. The SMILES string of the molecule is CC(C)[C@]12C[C@@H](OCc3ccccc3OC(F)(F)F)[C@](C)(C[C@@H]1Cl)O2. The molecule has 0 saturated carbocycles. The lowest BCUT2D eigenvalue weighted by Gasteiger charge is -2.35. The second kappa shape index (κ2) is 6.32. The minimum atomic E-state index is -4.73. The maximum absolute atomic E-state index is 12.5. The summed E-state index contributed by atoms with van der Waals surface area (Å²) in [4.78, 5) is 0. The normalized spacial score (nSPS) is 34.7. The topological polar surface area (TPSA) is 27.7 Å². The highest BCUT2D eigenvalue weighted by atomic mass is 35.5. The fourth-order valence-electron chi connectivity index (χ4n) is 3.93. The molecule has 0 N–H and O–H groups in total. The lowest BCUT2D eigenvalue weighted by molar-refractivity contribution is -0.275. The first-order valence-electron chi connectivity index (χ1n) is 8.35. The zero-order valence-corrected chi connectivity index (χ0v) is 15.2. The number of benzene rings is 1. The highest BCUT2D eigenvalue weighted by Crippen LogP contribution is 2.57. The third kappa shape index (κ3) is 3.49. The second-order valence-electron chi connectivity index (χ2n) is 7.36. The highest BCUT2D eigenvalue weighted by Gasteiger charge is 2.65. The van der Waals surface area contributed by atoms with Crippen LogP contribution in [0.2, 0.25) is 0 Å². The van der Waals surface area contributed by atoms with Crippen molar-refractivity contribution in [2.45, 2.75) is 69.3 Å². The lowest BCUT2D eigenvalue weighted by atomic mass is 9.75. The van der Waals surface area contributed by atoms with E-state index in [1.165, 1.54) is 12.1 Å². The quantitative estimate of drug-likeness (QED) is 0.670. The number of hydrogen-bond donors (Lipinski definition) is 0. The summed E-state index contributed by atoms with van der Waals surface area (Å²) in [6.07, 6.45) is -3.65. The van der Waals surface area contributed by atoms with Crippen LogP contribution in [0.25, 0.3) is 0 Å². The van der Waals surface area contributed by atoms with Crippen molar-refractivity contribution in [2.75, 3.05) is 0 Å². The number of ether oxygens (including phenoxy) is 3. The number of rotatable bonds is 5. The molecule has 0 amide bonds. The van der Waals surface area contributed by atoms with Crippen molar-refractivity contribution >= 4 is 11.6 Å². The third-order valence-corrected chi connectivity index (χ3v) is 5.86. The Morgan fingerprint density at radius 1 is 1.28 bits per heavy atom. The molecular weight excluding hydrogens is 357 g/mol. The molecule has 0 spiro atoms. The van der Waals surface area contributed by atoms with E-state index in [0.29, 0.717) is 18.4 Å². The fourth-order valence-corrected chi connectivity index (χ4v) is 4.62. The van der Waals surface area contributed by atoms with Crippen molar-refractivity contribution in [3.8, 4) is 5.75 Å². The Labute approximate surface area is 150 Å². The molecule has 1 aromatic rings. The molecule has 25 heavy (non-hydrogen) atoms. The van der Waals surface area contributed by atoms with Gasteiger partial charge in [-0.2, -0.15) is 0 Å². The Kier molecular flexibility index (Phi) is 4.75. The zero-order valence-electron chi connectivity index (χ0n) is 14.4. The number of hydrogen-bond acceptors (Lipinski definition) is 3. The van der Waals surface area contributed by atoms with E-state index < -0.39 is 17.6 Å². The largest absolute Gasteiger partial charge is 0.573 e. The number of halogens is 4. The van der Waals surface area contributed by atoms with Crippen LogP contribution in [-0.4, -0.2) is 29.0 Å². The minimum Gasteiger partial charge on any atom is -0.405 e. The summed E-state index contributed by atoms with van der Waals surface area (Å²) >= 11 is 6.50. The third-order valence-electron chi connectivity index (χ3n) is 5.34. The predicted molar refractivity (Wildman–Crippen MR) is 87.6 cm³/mol. The van der Waals surface area contributed by atoms with E-state index in [1.54, 1.807) is 12.1 Å². The smallest absolute Gasteiger partial charge is 0.405 e. The van der Waals surface area contributed by atoms with Crippen LogP contribution in [0.3, 0.4) is 0 Å².